The number of primary amides is 1. The van der Waals surface area contributed by atoms with E-state index in [9.17, 15) is 4.79 Å². The lowest BCUT2D eigenvalue weighted by Crippen LogP contribution is -2.41. The van der Waals surface area contributed by atoms with Crippen LogP contribution in [0.25, 0.3) is 11.2 Å². The van der Waals surface area contributed by atoms with Gasteiger partial charge in [0.25, 0.3) is 11.8 Å². The number of hydrogen-bond acceptors (Lipinski definition) is 10. The number of carbonyl (C=O) groups is 1. The molecule has 1 saturated heterocycles. The Balaban J connectivity index is 1.52. The number of rotatable bonds is 7. The van der Waals surface area contributed by atoms with Crippen molar-refractivity contribution in [3.8, 4) is 11.8 Å². The highest BCUT2D eigenvalue weighted by Gasteiger charge is 2.33. The summed E-state index contributed by atoms with van der Waals surface area (Å²) in [5, 5.41) is 8.72. The predicted molar refractivity (Wildman–Crippen MR) is 161 cm³/mol. The van der Waals surface area contributed by atoms with Crippen LogP contribution < -0.4 is 15.4 Å². The largest absolute Gasteiger partial charge is 0.418 e. The summed E-state index contributed by atoms with van der Waals surface area (Å²) in [5.74, 6) is 1.38. The first-order valence-corrected chi connectivity index (χ1v) is 14.8. The summed E-state index contributed by atoms with van der Waals surface area (Å²) < 4.78 is 19.1. The molecule has 4 heterocycles. The van der Waals surface area contributed by atoms with Crippen LogP contribution in [0.5, 0.6) is 11.8 Å². The summed E-state index contributed by atoms with van der Waals surface area (Å²) in [5.41, 5.74) is 7.14. The van der Waals surface area contributed by atoms with E-state index < -0.39 is 12.0 Å². The zero-order valence-corrected chi connectivity index (χ0v) is 24.5. The molecule has 2 fully saturated rings. The average molecular weight is 605 g/mol. The Morgan fingerprint density at radius 3 is 2.63 bits per heavy atom. The van der Waals surface area contributed by atoms with Crippen molar-refractivity contribution in [3.63, 3.8) is 0 Å². The third-order valence-electron chi connectivity index (χ3n) is 8.00. The van der Waals surface area contributed by atoms with Crippen LogP contribution in [0.2, 0.25) is 5.02 Å². The van der Waals surface area contributed by atoms with Gasteiger partial charge in [-0.25, -0.2) is 14.8 Å². The number of aromatic nitrogens is 5. The zero-order valence-electron chi connectivity index (χ0n) is 23.8. The van der Waals surface area contributed by atoms with Crippen LogP contribution in [0.15, 0.2) is 48.7 Å². The van der Waals surface area contributed by atoms with Gasteiger partial charge in [0.2, 0.25) is 17.7 Å². The molecule has 224 valence electrons. The van der Waals surface area contributed by atoms with Gasteiger partial charge in [-0.3, -0.25) is 5.41 Å². The molecule has 0 bridgehead atoms. The monoisotopic (exact) mass is 604 g/mol. The maximum absolute atomic E-state index is 11.4. The molecule has 4 aromatic rings. The number of anilines is 1. The molecule has 1 atom stereocenters. The second kappa shape index (κ2) is 12.5. The maximum atomic E-state index is 11.4. The number of benzene rings is 1. The quantitative estimate of drug-likeness (QED) is 0.206. The second-order valence-electron chi connectivity index (χ2n) is 11.0. The lowest BCUT2D eigenvalue weighted by Gasteiger charge is -2.37. The summed E-state index contributed by atoms with van der Waals surface area (Å²) in [7, 11) is 0. The lowest BCUT2D eigenvalue weighted by molar-refractivity contribution is 0.0927. The number of nitrogens with zero attached hydrogens (tertiary/aromatic N) is 6. The first kappa shape index (κ1) is 28.8. The van der Waals surface area contributed by atoms with E-state index in [0.717, 1.165) is 31.2 Å². The predicted octanol–water partition coefficient (Wildman–Crippen LogP) is 5.49. The van der Waals surface area contributed by atoms with Crippen molar-refractivity contribution < 1.29 is 19.0 Å². The molecule has 1 amide bonds. The number of carbonyl (C=O) groups excluding carboxylic acids is 1. The van der Waals surface area contributed by atoms with Crippen molar-refractivity contribution in [1.29, 1.82) is 5.41 Å². The van der Waals surface area contributed by atoms with Gasteiger partial charge in [0.15, 0.2) is 11.2 Å². The summed E-state index contributed by atoms with van der Waals surface area (Å²) in [6.45, 7) is 4.63. The summed E-state index contributed by atoms with van der Waals surface area (Å²) in [6.07, 6.45) is 4.84. The van der Waals surface area contributed by atoms with Crippen LogP contribution in [-0.4, -0.2) is 56.3 Å². The van der Waals surface area contributed by atoms with Gasteiger partial charge in [-0.05, 0) is 36.3 Å². The van der Waals surface area contributed by atoms with Crippen molar-refractivity contribution in [2.24, 2.45) is 17.6 Å². The minimum atomic E-state index is -1.15. The molecule has 12 nitrogen and oxygen atoms in total. The Kier molecular flexibility index (Phi) is 8.39. The topological polar surface area (TPSA) is 154 Å². The first-order valence-electron chi connectivity index (χ1n) is 14.4. The highest BCUT2D eigenvalue weighted by molar-refractivity contribution is 6.30. The molecule has 1 aromatic carbocycles. The highest BCUT2D eigenvalue weighted by Crippen LogP contribution is 2.38. The van der Waals surface area contributed by atoms with E-state index in [1.165, 1.54) is 6.20 Å². The molecule has 13 heteroatoms. The zero-order chi connectivity index (χ0) is 29.9. The van der Waals surface area contributed by atoms with E-state index in [0.29, 0.717) is 60.3 Å². The minimum absolute atomic E-state index is 0.0805. The molecule has 1 aliphatic heterocycles. The van der Waals surface area contributed by atoms with Crippen molar-refractivity contribution in [3.05, 3.63) is 65.1 Å². The van der Waals surface area contributed by atoms with E-state index in [-0.39, 0.29) is 23.6 Å². The van der Waals surface area contributed by atoms with Gasteiger partial charge in [-0.15, -0.1) is 0 Å². The smallest absolute Gasteiger partial charge is 0.411 e. The summed E-state index contributed by atoms with van der Waals surface area (Å²) >= 11 is 6.06. The van der Waals surface area contributed by atoms with E-state index in [1.54, 1.807) is 12.1 Å². The minimum Gasteiger partial charge on any atom is -0.418 e. The maximum Gasteiger partial charge on any atom is 0.411 e. The summed E-state index contributed by atoms with van der Waals surface area (Å²) in [4.78, 5) is 32.0. The van der Waals surface area contributed by atoms with E-state index in [2.05, 4.69) is 43.5 Å². The molecular formula is C30H33ClN8O4. The average Bonchev–Trinajstić information content (AvgIpc) is 3.37. The highest BCUT2D eigenvalue weighted by atomic mass is 35.5. The van der Waals surface area contributed by atoms with E-state index >= 15 is 0 Å². The van der Waals surface area contributed by atoms with Crippen LogP contribution in [0, 0.1) is 17.2 Å². The normalized spacial score (nSPS) is 20.6. The van der Waals surface area contributed by atoms with Crippen LogP contribution in [0.3, 0.4) is 0 Å². The third-order valence-corrected chi connectivity index (χ3v) is 8.23. The molecule has 1 saturated carbocycles. The van der Waals surface area contributed by atoms with Gasteiger partial charge in [0.1, 0.15) is 0 Å². The number of morpholine rings is 1. The molecule has 3 aromatic heterocycles. The molecule has 1 aliphatic carbocycles. The first-order chi connectivity index (χ1) is 20.9. The number of ether oxygens (including phenoxy) is 3. The van der Waals surface area contributed by atoms with Gasteiger partial charge in [-0.2, -0.15) is 9.97 Å². The Hall–Kier alpha value is -4.29. The number of nitrogens with two attached hydrogens (primary N) is 1. The van der Waals surface area contributed by atoms with Gasteiger partial charge in [-0.1, -0.05) is 61.7 Å². The molecule has 0 radical (unpaired) electrons. The molecular weight excluding hydrogens is 572 g/mol. The number of fused-ring (bicyclic) bond motifs is 1. The van der Waals surface area contributed by atoms with Gasteiger partial charge in [0.05, 0.1) is 24.3 Å². The molecule has 3 N–H and O–H groups in total. The van der Waals surface area contributed by atoms with Crippen molar-refractivity contribution in [2.45, 2.75) is 45.2 Å². The number of hydrogen-bond donors (Lipinski definition) is 2. The third kappa shape index (κ3) is 6.40. The number of pyridine rings is 1. The van der Waals surface area contributed by atoms with Gasteiger partial charge >= 0.3 is 6.09 Å². The Morgan fingerprint density at radius 1 is 1.12 bits per heavy atom. The second-order valence-corrected chi connectivity index (χ2v) is 11.5. The van der Waals surface area contributed by atoms with Crippen molar-refractivity contribution in [1.82, 2.24) is 24.5 Å². The fraction of sp³-hybridized carbons (Fsp3) is 0.400. The SMILES string of the molecule is CC1CCC(Cn2c(N3CCOCC3c3ccccc3)nc3nc(C(=N)OC(N)=O)nc(Oc4ccc(Cl)cn4)c32)CC1. The van der Waals surface area contributed by atoms with Crippen LogP contribution in [0.4, 0.5) is 10.7 Å². The molecule has 2 aliphatic rings. The van der Waals surface area contributed by atoms with E-state index in [1.807, 2.05) is 18.2 Å². The molecule has 1 unspecified atom stereocenters. The Labute approximate surface area is 253 Å². The Bertz CT molecular complexity index is 1610. The lowest BCUT2D eigenvalue weighted by atomic mass is 9.83. The number of imidazole rings is 1. The number of nitrogens with one attached hydrogen (secondary N) is 1. The van der Waals surface area contributed by atoms with Crippen molar-refractivity contribution in [2.75, 3.05) is 24.7 Å². The molecule has 0 spiro atoms. The van der Waals surface area contributed by atoms with Gasteiger partial charge in [0, 0.05) is 25.4 Å². The summed E-state index contributed by atoms with van der Waals surface area (Å²) in [6, 6.07) is 13.4. The van der Waals surface area contributed by atoms with E-state index in [4.69, 9.17) is 41.9 Å². The molecule has 6 rings (SSSR count). The van der Waals surface area contributed by atoms with Crippen molar-refractivity contribution >= 4 is 40.7 Å². The number of halogens is 1. The number of amides is 1. The van der Waals surface area contributed by atoms with Crippen LogP contribution >= 0.6 is 11.6 Å². The standard InChI is InChI=1S/C30H33ClN8O4/c1-18-7-9-19(10-8-18)16-39-24-26(37-30(39)38-13-14-41-17-22(38)20-5-3-2-4-6-20)35-27(25(32)43-29(33)40)36-28(24)42-23-12-11-21(31)15-34-23/h2-6,11-12,15,18-19,22,32H,7-10,13-14,16-17H2,1H3,(H2,33,40). The Morgan fingerprint density at radius 2 is 1.91 bits per heavy atom. The van der Waals surface area contributed by atoms with Gasteiger partial charge < -0.3 is 29.4 Å². The van der Waals surface area contributed by atoms with Crippen LogP contribution in [0.1, 0.15) is 50.0 Å². The van der Waals surface area contributed by atoms with Crippen LogP contribution in [-0.2, 0) is 16.0 Å². The fourth-order valence-electron chi connectivity index (χ4n) is 5.79. The fourth-order valence-corrected chi connectivity index (χ4v) is 5.90. The molecule has 43 heavy (non-hydrogen) atoms.